The summed E-state index contributed by atoms with van der Waals surface area (Å²) in [6.45, 7) is 7.20. The van der Waals surface area contributed by atoms with E-state index >= 15 is 0 Å². The molecule has 1 N–H and O–H groups in total. The third-order valence-electron chi connectivity index (χ3n) is 3.18. The minimum atomic E-state index is 0.302. The largest absolute Gasteiger partial charge is 0.456 e. The molecule has 1 unspecified atom stereocenters. The van der Waals surface area contributed by atoms with Gasteiger partial charge in [-0.15, -0.1) is 0 Å². The van der Waals surface area contributed by atoms with Crippen molar-refractivity contribution in [2.45, 2.75) is 26.8 Å². The highest BCUT2D eigenvalue weighted by Gasteiger charge is 2.07. The van der Waals surface area contributed by atoms with Crippen molar-refractivity contribution in [3.05, 3.63) is 58.6 Å². The fourth-order valence-corrected chi connectivity index (χ4v) is 2.24. The van der Waals surface area contributed by atoms with Crippen molar-refractivity contribution in [2.75, 3.05) is 6.54 Å². The predicted molar refractivity (Wildman–Crippen MR) is 84.8 cm³/mol. The van der Waals surface area contributed by atoms with Crippen LogP contribution in [-0.2, 0) is 0 Å². The van der Waals surface area contributed by atoms with Gasteiger partial charge >= 0.3 is 0 Å². The van der Waals surface area contributed by atoms with E-state index in [4.69, 9.17) is 16.3 Å². The molecule has 0 spiro atoms. The normalized spacial score (nSPS) is 12.2. The summed E-state index contributed by atoms with van der Waals surface area (Å²) < 4.78 is 5.90. The first-order chi connectivity index (χ1) is 9.60. The molecule has 0 saturated heterocycles. The number of nitrogens with one attached hydrogen (secondary N) is 1. The zero-order valence-electron chi connectivity index (χ0n) is 12.1. The van der Waals surface area contributed by atoms with Crippen LogP contribution in [0.25, 0.3) is 0 Å². The fraction of sp³-hybridized carbons (Fsp3) is 0.294. The van der Waals surface area contributed by atoms with E-state index in [1.165, 1.54) is 5.56 Å². The summed E-state index contributed by atoms with van der Waals surface area (Å²) in [7, 11) is 0. The van der Waals surface area contributed by atoms with Crippen molar-refractivity contribution >= 4 is 11.6 Å². The highest BCUT2D eigenvalue weighted by Crippen LogP contribution is 2.31. The van der Waals surface area contributed by atoms with E-state index in [9.17, 15) is 0 Å². The van der Waals surface area contributed by atoms with Gasteiger partial charge in [0.15, 0.2) is 0 Å². The van der Waals surface area contributed by atoms with Gasteiger partial charge in [-0.05, 0) is 55.8 Å². The minimum absolute atomic E-state index is 0.302. The molecule has 1 atom stereocenters. The topological polar surface area (TPSA) is 21.3 Å². The van der Waals surface area contributed by atoms with Gasteiger partial charge in [0.1, 0.15) is 11.5 Å². The highest BCUT2D eigenvalue weighted by atomic mass is 35.5. The van der Waals surface area contributed by atoms with Crippen LogP contribution in [0.3, 0.4) is 0 Å². The predicted octanol–water partition coefficient (Wildman–Crippen LogP) is 5.11. The Balaban J connectivity index is 2.21. The van der Waals surface area contributed by atoms with Crippen molar-refractivity contribution in [2.24, 2.45) is 0 Å². The summed E-state index contributed by atoms with van der Waals surface area (Å²) in [5.74, 6) is 1.50. The van der Waals surface area contributed by atoms with Gasteiger partial charge in [0.25, 0.3) is 0 Å². The second-order valence-corrected chi connectivity index (χ2v) is 5.29. The second-order valence-electron chi connectivity index (χ2n) is 4.89. The number of rotatable bonds is 5. The quantitative estimate of drug-likeness (QED) is 0.826. The number of hydrogen-bond acceptors (Lipinski definition) is 2. The van der Waals surface area contributed by atoms with Gasteiger partial charge in [-0.25, -0.2) is 0 Å². The molecule has 3 heteroatoms. The lowest BCUT2D eigenvalue weighted by Gasteiger charge is -2.14. The average Bonchev–Trinajstić information content (AvgIpc) is 2.43. The number of benzene rings is 2. The third kappa shape index (κ3) is 3.75. The van der Waals surface area contributed by atoms with Gasteiger partial charge < -0.3 is 10.1 Å². The number of hydrogen-bond donors (Lipinski definition) is 1. The Labute approximate surface area is 125 Å². The monoisotopic (exact) mass is 289 g/mol. The summed E-state index contributed by atoms with van der Waals surface area (Å²) in [5.41, 5.74) is 2.33. The van der Waals surface area contributed by atoms with E-state index in [-0.39, 0.29) is 0 Å². The van der Waals surface area contributed by atoms with E-state index < -0.39 is 0 Å². The van der Waals surface area contributed by atoms with Gasteiger partial charge in [0.05, 0.1) is 5.02 Å². The van der Waals surface area contributed by atoms with Crippen LogP contribution in [-0.4, -0.2) is 6.54 Å². The maximum Gasteiger partial charge on any atom is 0.146 e. The van der Waals surface area contributed by atoms with Crippen molar-refractivity contribution in [3.63, 3.8) is 0 Å². The van der Waals surface area contributed by atoms with Crippen LogP contribution in [0.5, 0.6) is 11.5 Å². The molecule has 0 bridgehead atoms. The van der Waals surface area contributed by atoms with Crippen molar-refractivity contribution < 1.29 is 4.74 Å². The van der Waals surface area contributed by atoms with Crippen LogP contribution in [0.15, 0.2) is 42.5 Å². The first kappa shape index (κ1) is 14.9. The Hall–Kier alpha value is -1.51. The molecule has 0 heterocycles. The zero-order chi connectivity index (χ0) is 14.5. The van der Waals surface area contributed by atoms with Crippen LogP contribution in [0.4, 0.5) is 0 Å². The first-order valence-corrected chi connectivity index (χ1v) is 7.25. The molecular formula is C17H20ClNO. The Kier molecular flexibility index (Phi) is 5.05. The SMILES string of the molecule is CCNC(C)c1cccc(Oc2cc(C)ccc2Cl)c1. The first-order valence-electron chi connectivity index (χ1n) is 6.87. The van der Waals surface area contributed by atoms with Crippen LogP contribution < -0.4 is 10.1 Å². The summed E-state index contributed by atoms with van der Waals surface area (Å²) in [6.07, 6.45) is 0. The molecule has 2 aromatic carbocycles. The van der Waals surface area contributed by atoms with Crippen molar-refractivity contribution in [1.29, 1.82) is 0 Å². The second kappa shape index (κ2) is 6.78. The molecule has 0 aromatic heterocycles. The molecule has 106 valence electrons. The molecule has 0 radical (unpaired) electrons. The van der Waals surface area contributed by atoms with E-state index in [2.05, 4.69) is 25.2 Å². The molecule has 0 saturated carbocycles. The number of halogens is 1. The minimum Gasteiger partial charge on any atom is -0.456 e. The van der Waals surface area contributed by atoms with Gasteiger partial charge in [-0.1, -0.05) is 36.7 Å². The molecule has 0 aliphatic heterocycles. The molecule has 2 rings (SSSR count). The Morgan fingerprint density at radius 1 is 1.20 bits per heavy atom. The van der Waals surface area contributed by atoms with Crippen LogP contribution >= 0.6 is 11.6 Å². The molecule has 0 fully saturated rings. The standard InChI is InChI=1S/C17H20ClNO/c1-4-19-13(3)14-6-5-7-15(11-14)20-17-10-12(2)8-9-16(17)18/h5-11,13,19H,4H2,1-3H3. The summed E-state index contributed by atoms with van der Waals surface area (Å²) >= 11 is 6.16. The van der Waals surface area contributed by atoms with Crippen LogP contribution in [0.1, 0.15) is 31.0 Å². The lowest BCUT2D eigenvalue weighted by Crippen LogP contribution is -2.17. The smallest absolute Gasteiger partial charge is 0.146 e. The number of ether oxygens (including phenoxy) is 1. The third-order valence-corrected chi connectivity index (χ3v) is 3.50. The lowest BCUT2D eigenvalue weighted by molar-refractivity contribution is 0.480. The average molecular weight is 290 g/mol. The Morgan fingerprint density at radius 2 is 2.00 bits per heavy atom. The molecule has 0 aliphatic carbocycles. The zero-order valence-corrected chi connectivity index (χ0v) is 12.9. The summed E-state index contributed by atoms with van der Waals surface area (Å²) in [5, 5.41) is 4.02. The summed E-state index contributed by atoms with van der Waals surface area (Å²) in [4.78, 5) is 0. The summed E-state index contributed by atoms with van der Waals surface area (Å²) in [6, 6.07) is 14.2. The molecule has 0 amide bonds. The van der Waals surface area contributed by atoms with Gasteiger partial charge in [-0.3, -0.25) is 0 Å². The van der Waals surface area contributed by atoms with E-state index in [0.29, 0.717) is 16.8 Å². The van der Waals surface area contributed by atoms with E-state index in [1.807, 2.05) is 43.3 Å². The number of aryl methyl sites for hydroxylation is 1. The molecule has 2 nitrogen and oxygen atoms in total. The van der Waals surface area contributed by atoms with Gasteiger partial charge in [0.2, 0.25) is 0 Å². The van der Waals surface area contributed by atoms with Crippen LogP contribution in [0, 0.1) is 6.92 Å². The molecule has 2 aromatic rings. The van der Waals surface area contributed by atoms with Crippen molar-refractivity contribution in [3.8, 4) is 11.5 Å². The molecule has 0 aliphatic rings. The van der Waals surface area contributed by atoms with Crippen molar-refractivity contribution in [1.82, 2.24) is 5.32 Å². The van der Waals surface area contributed by atoms with E-state index in [0.717, 1.165) is 17.9 Å². The van der Waals surface area contributed by atoms with Crippen LogP contribution in [0.2, 0.25) is 5.02 Å². The lowest BCUT2D eigenvalue weighted by atomic mass is 10.1. The Bertz CT molecular complexity index is 583. The highest BCUT2D eigenvalue weighted by molar-refractivity contribution is 6.32. The molecular weight excluding hydrogens is 270 g/mol. The van der Waals surface area contributed by atoms with E-state index in [1.54, 1.807) is 0 Å². The maximum absolute atomic E-state index is 6.16. The maximum atomic E-state index is 6.16. The fourth-order valence-electron chi connectivity index (χ4n) is 2.09. The Morgan fingerprint density at radius 3 is 2.75 bits per heavy atom. The molecule has 20 heavy (non-hydrogen) atoms. The van der Waals surface area contributed by atoms with Gasteiger partial charge in [0, 0.05) is 6.04 Å². The van der Waals surface area contributed by atoms with Gasteiger partial charge in [-0.2, -0.15) is 0 Å².